The van der Waals surface area contributed by atoms with Gasteiger partial charge in [-0.25, -0.2) is 0 Å². The van der Waals surface area contributed by atoms with E-state index in [2.05, 4.69) is 45.0 Å². The fourth-order valence-corrected chi connectivity index (χ4v) is 2.66. The van der Waals surface area contributed by atoms with E-state index in [0.717, 1.165) is 19.7 Å². The molecular formula is C15H32N2O. The van der Waals surface area contributed by atoms with Crippen LogP contribution in [0.4, 0.5) is 0 Å². The van der Waals surface area contributed by atoms with Crippen LogP contribution in [0.3, 0.4) is 0 Å². The van der Waals surface area contributed by atoms with Crippen molar-refractivity contribution in [2.75, 3.05) is 26.7 Å². The van der Waals surface area contributed by atoms with Crippen LogP contribution in [0.15, 0.2) is 0 Å². The number of nitrogens with zero attached hydrogens (tertiary/aromatic N) is 1. The van der Waals surface area contributed by atoms with E-state index in [9.17, 15) is 0 Å². The normalized spacial score (nSPS) is 23.0. The van der Waals surface area contributed by atoms with E-state index in [1.807, 2.05) is 0 Å². The molecule has 3 heteroatoms. The molecule has 18 heavy (non-hydrogen) atoms. The molecule has 2 atom stereocenters. The summed E-state index contributed by atoms with van der Waals surface area (Å²) in [5.74, 6) is 0.671. The van der Waals surface area contributed by atoms with Crippen molar-refractivity contribution in [1.82, 2.24) is 10.2 Å². The standard InChI is InChI=1S/C15H32N2O/c1-12(2)15(10-16-13(3)4)17(5)11-14-8-6-7-9-18-14/h12-16H,6-11H2,1-5H3. The largest absolute Gasteiger partial charge is 0.377 e. The molecule has 0 bridgehead atoms. The van der Waals surface area contributed by atoms with E-state index in [4.69, 9.17) is 4.74 Å². The van der Waals surface area contributed by atoms with Crippen molar-refractivity contribution in [3.05, 3.63) is 0 Å². The monoisotopic (exact) mass is 256 g/mol. The zero-order chi connectivity index (χ0) is 13.5. The minimum absolute atomic E-state index is 0.448. The van der Waals surface area contributed by atoms with Crippen molar-refractivity contribution in [2.45, 2.75) is 65.1 Å². The predicted octanol–water partition coefficient (Wildman–Crippen LogP) is 2.51. The molecule has 108 valence electrons. The van der Waals surface area contributed by atoms with Gasteiger partial charge in [0, 0.05) is 31.8 Å². The molecule has 2 unspecified atom stereocenters. The minimum atomic E-state index is 0.448. The minimum Gasteiger partial charge on any atom is -0.377 e. The van der Waals surface area contributed by atoms with Crippen LogP contribution in [0.2, 0.25) is 0 Å². The van der Waals surface area contributed by atoms with Gasteiger partial charge >= 0.3 is 0 Å². The van der Waals surface area contributed by atoms with Crippen LogP contribution < -0.4 is 5.32 Å². The quantitative estimate of drug-likeness (QED) is 0.757. The Morgan fingerprint density at radius 3 is 2.44 bits per heavy atom. The average molecular weight is 256 g/mol. The third kappa shape index (κ3) is 5.68. The molecular weight excluding hydrogens is 224 g/mol. The lowest BCUT2D eigenvalue weighted by molar-refractivity contribution is -0.0117. The van der Waals surface area contributed by atoms with Crippen LogP contribution in [0.25, 0.3) is 0 Å². The molecule has 0 aromatic rings. The van der Waals surface area contributed by atoms with Crippen LogP contribution in [-0.2, 0) is 4.74 Å². The SMILES string of the molecule is CC(C)NCC(C(C)C)N(C)CC1CCCCO1. The number of ether oxygens (including phenoxy) is 1. The van der Waals surface area contributed by atoms with E-state index in [-0.39, 0.29) is 0 Å². The number of likely N-dealkylation sites (N-methyl/N-ethyl adjacent to an activating group) is 1. The topological polar surface area (TPSA) is 24.5 Å². The van der Waals surface area contributed by atoms with Crippen molar-refractivity contribution in [3.63, 3.8) is 0 Å². The second-order valence-corrected chi connectivity index (χ2v) is 6.30. The first-order chi connectivity index (χ1) is 8.50. The maximum atomic E-state index is 5.84. The molecule has 1 N–H and O–H groups in total. The Hall–Kier alpha value is -0.120. The molecule has 0 aromatic carbocycles. The van der Waals surface area contributed by atoms with Gasteiger partial charge < -0.3 is 10.1 Å². The molecule has 0 spiro atoms. The predicted molar refractivity (Wildman–Crippen MR) is 78.0 cm³/mol. The van der Waals surface area contributed by atoms with Gasteiger partial charge in [-0.3, -0.25) is 4.90 Å². The maximum absolute atomic E-state index is 5.84. The van der Waals surface area contributed by atoms with Gasteiger partial charge in [0.2, 0.25) is 0 Å². The Bertz CT molecular complexity index is 213. The maximum Gasteiger partial charge on any atom is 0.0702 e. The number of hydrogen-bond acceptors (Lipinski definition) is 3. The Balaban J connectivity index is 2.39. The smallest absolute Gasteiger partial charge is 0.0702 e. The first kappa shape index (κ1) is 15.9. The Kier molecular flexibility index (Phi) is 7.20. The summed E-state index contributed by atoms with van der Waals surface area (Å²) in [5, 5.41) is 3.56. The first-order valence-electron chi connectivity index (χ1n) is 7.56. The van der Waals surface area contributed by atoms with Gasteiger partial charge in [-0.2, -0.15) is 0 Å². The number of nitrogens with one attached hydrogen (secondary N) is 1. The highest BCUT2D eigenvalue weighted by Crippen LogP contribution is 2.16. The van der Waals surface area contributed by atoms with Crippen LogP contribution in [-0.4, -0.2) is 49.8 Å². The van der Waals surface area contributed by atoms with E-state index in [0.29, 0.717) is 24.1 Å². The summed E-state index contributed by atoms with van der Waals surface area (Å²) < 4.78 is 5.84. The molecule has 1 saturated heterocycles. The second kappa shape index (κ2) is 8.13. The zero-order valence-electron chi connectivity index (χ0n) is 12.9. The van der Waals surface area contributed by atoms with Crippen molar-refractivity contribution < 1.29 is 4.74 Å². The summed E-state index contributed by atoms with van der Waals surface area (Å²) in [6.45, 7) is 12.1. The summed E-state index contributed by atoms with van der Waals surface area (Å²) in [6.07, 6.45) is 4.24. The van der Waals surface area contributed by atoms with E-state index < -0.39 is 0 Å². The molecule has 1 fully saturated rings. The van der Waals surface area contributed by atoms with Gasteiger partial charge in [-0.05, 0) is 32.2 Å². The summed E-state index contributed by atoms with van der Waals surface area (Å²) in [6, 6.07) is 1.16. The zero-order valence-corrected chi connectivity index (χ0v) is 12.9. The first-order valence-corrected chi connectivity index (χ1v) is 7.56. The second-order valence-electron chi connectivity index (χ2n) is 6.30. The van der Waals surface area contributed by atoms with E-state index in [1.165, 1.54) is 19.3 Å². The summed E-state index contributed by atoms with van der Waals surface area (Å²) in [5.41, 5.74) is 0. The van der Waals surface area contributed by atoms with Crippen LogP contribution >= 0.6 is 0 Å². The lowest BCUT2D eigenvalue weighted by Gasteiger charge is -2.35. The highest BCUT2D eigenvalue weighted by molar-refractivity contribution is 4.78. The highest BCUT2D eigenvalue weighted by atomic mass is 16.5. The molecule has 0 amide bonds. The van der Waals surface area contributed by atoms with Gasteiger partial charge in [-0.1, -0.05) is 27.7 Å². The summed E-state index contributed by atoms with van der Waals surface area (Å²) in [7, 11) is 2.24. The Labute approximate surface area is 113 Å². The highest BCUT2D eigenvalue weighted by Gasteiger charge is 2.23. The van der Waals surface area contributed by atoms with E-state index >= 15 is 0 Å². The van der Waals surface area contributed by atoms with Gasteiger partial charge in [-0.15, -0.1) is 0 Å². The van der Waals surface area contributed by atoms with Crippen molar-refractivity contribution >= 4 is 0 Å². The molecule has 0 radical (unpaired) electrons. The fourth-order valence-electron chi connectivity index (χ4n) is 2.66. The molecule has 3 nitrogen and oxygen atoms in total. The lowest BCUT2D eigenvalue weighted by atomic mass is 10.0. The number of rotatable bonds is 7. The summed E-state index contributed by atoms with van der Waals surface area (Å²) in [4.78, 5) is 2.48. The van der Waals surface area contributed by atoms with Crippen molar-refractivity contribution in [1.29, 1.82) is 0 Å². The number of hydrogen-bond donors (Lipinski definition) is 1. The molecule has 0 saturated carbocycles. The Morgan fingerprint density at radius 1 is 1.22 bits per heavy atom. The van der Waals surface area contributed by atoms with Gasteiger partial charge in [0.1, 0.15) is 0 Å². The molecule has 1 aliphatic rings. The molecule has 1 heterocycles. The van der Waals surface area contributed by atoms with Crippen LogP contribution in [0.1, 0.15) is 47.0 Å². The summed E-state index contributed by atoms with van der Waals surface area (Å²) >= 11 is 0. The fraction of sp³-hybridized carbons (Fsp3) is 1.00. The van der Waals surface area contributed by atoms with Gasteiger partial charge in [0.15, 0.2) is 0 Å². The average Bonchev–Trinajstić information content (AvgIpc) is 2.29. The third-order valence-corrected chi connectivity index (χ3v) is 3.84. The Morgan fingerprint density at radius 2 is 1.94 bits per heavy atom. The molecule has 1 aliphatic heterocycles. The van der Waals surface area contributed by atoms with Crippen molar-refractivity contribution in [2.24, 2.45) is 5.92 Å². The lowest BCUT2D eigenvalue weighted by Crippen LogP contribution is -2.48. The van der Waals surface area contributed by atoms with E-state index in [1.54, 1.807) is 0 Å². The van der Waals surface area contributed by atoms with Crippen molar-refractivity contribution in [3.8, 4) is 0 Å². The van der Waals surface area contributed by atoms with Crippen LogP contribution in [0, 0.1) is 5.92 Å². The third-order valence-electron chi connectivity index (χ3n) is 3.84. The molecule has 0 aliphatic carbocycles. The molecule has 0 aromatic heterocycles. The van der Waals surface area contributed by atoms with Gasteiger partial charge in [0.05, 0.1) is 6.10 Å². The molecule has 1 rings (SSSR count). The van der Waals surface area contributed by atoms with Crippen LogP contribution in [0.5, 0.6) is 0 Å². The van der Waals surface area contributed by atoms with Gasteiger partial charge in [0.25, 0.3) is 0 Å².